The van der Waals surface area contributed by atoms with Gasteiger partial charge in [-0.15, -0.1) is 0 Å². The molecule has 1 saturated carbocycles. The van der Waals surface area contributed by atoms with Crippen molar-refractivity contribution in [1.82, 2.24) is 0 Å². The summed E-state index contributed by atoms with van der Waals surface area (Å²) in [5, 5.41) is 0. The molecule has 5 atom stereocenters. The topological polar surface area (TPSA) is 97.4 Å². The molecule has 0 aromatic heterocycles. The van der Waals surface area contributed by atoms with Gasteiger partial charge in [0.05, 0.1) is 32.7 Å². The van der Waals surface area contributed by atoms with Crippen LogP contribution in [-0.4, -0.2) is 51.0 Å². The second kappa shape index (κ2) is 15.3. The highest BCUT2D eigenvalue weighted by Crippen LogP contribution is 2.32. The summed E-state index contributed by atoms with van der Waals surface area (Å²) in [5.41, 5.74) is 3.45. The van der Waals surface area contributed by atoms with Gasteiger partial charge >= 0.3 is 0 Å². The maximum Gasteiger partial charge on any atom is 0.265 e. The van der Waals surface area contributed by atoms with E-state index in [1.54, 1.807) is 0 Å². The summed E-state index contributed by atoms with van der Waals surface area (Å²) in [5.74, 6) is -0.595. The number of carbonyl (C=O) groups is 1. The molecule has 0 saturated heterocycles. The molecule has 0 bridgehead atoms. The SMILES string of the molecule is CS(=O)(=O)OC1C(=O)C(OCc2ccccc2)C(OCc2ccccc2)[C@H](OCc2ccccc2)C1OCc1ccccc1. The third-order valence-corrected chi connectivity index (χ3v) is 7.77. The molecular formula is C35H36O8S. The van der Waals surface area contributed by atoms with E-state index in [1.165, 1.54) is 0 Å². The highest BCUT2D eigenvalue weighted by atomic mass is 32.2. The largest absolute Gasteiger partial charge is 0.368 e. The molecule has 230 valence electrons. The standard InChI is InChI=1S/C35H36O8S/c1-44(37,38)43-32-30(36)31(39-22-26-14-6-2-7-15-26)33(40-23-27-16-8-3-9-17-27)35(42-25-29-20-12-5-13-21-29)34(32)41-24-28-18-10-4-11-19-28/h2-21,31-35H,22-25H2,1H3/t31?,32?,33?,34?,35-/m0/s1. The van der Waals surface area contributed by atoms with E-state index in [0.717, 1.165) is 28.5 Å². The number of carbonyl (C=O) groups excluding carboxylic acids is 1. The van der Waals surface area contributed by atoms with E-state index < -0.39 is 46.4 Å². The van der Waals surface area contributed by atoms with Gasteiger partial charge in [-0.1, -0.05) is 121 Å². The van der Waals surface area contributed by atoms with Crippen molar-refractivity contribution in [2.75, 3.05) is 6.26 Å². The van der Waals surface area contributed by atoms with Crippen LogP contribution in [0, 0.1) is 0 Å². The zero-order valence-electron chi connectivity index (χ0n) is 24.4. The van der Waals surface area contributed by atoms with Crippen LogP contribution in [0.3, 0.4) is 0 Å². The molecule has 1 aliphatic rings. The summed E-state index contributed by atoms with van der Waals surface area (Å²) in [6.45, 7) is 0.509. The fourth-order valence-corrected chi connectivity index (χ4v) is 5.68. The molecule has 0 N–H and O–H groups in total. The van der Waals surface area contributed by atoms with Crippen LogP contribution in [0.25, 0.3) is 0 Å². The Labute approximate surface area is 258 Å². The van der Waals surface area contributed by atoms with E-state index >= 15 is 0 Å². The second-order valence-corrected chi connectivity index (χ2v) is 12.2. The molecule has 4 aromatic carbocycles. The van der Waals surface area contributed by atoms with Gasteiger partial charge in [0, 0.05) is 0 Å². The Morgan fingerprint density at radius 3 is 1.16 bits per heavy atom. The van der Waals surface area contributed by atoms with Crippen molar-refractivity contribution in [2.24, 2.45) is 0 Å². The van der Waals surface area contributed by atoms with Crippen molar-refractivity contribution in [3.05, 3.63) is 144 Å². The molecule has 0 amide bonds. The van der Waals surface area contributed by atoms with E-state index in [0.29, 0.717) is 0 Å². The zero-order chi connectivity index (χ0) is 30.8. The Hall–Kier alpha value is -3.70. The smallest absolute Gasteiger partial charge is 0.265 e. The fraction of sp³-hybridized carbons (Fsp3) is 0.286. The van der Waals surface area contributed by atoms with E-state index in [4.69, 9.17) is 23.1 Å². The summed E-state index contributed by atoms with van der Waals surface area (Å²) < 4.78 is 55.9. The number of benzene rings is 4. The normalized spacial score (nSPS) is 22.1. The molecule has 0 aliphatic heterocycles. The molecule has 1 fully saturated rings. The first-order valence-electron chi connectivity index (χ1n) is 14.4. The van der Waals surface area contributed by atoms with Gasteiger partial charge in [-0.05, 0) is 22.3 Å². The van der Waals surface area contributed by atoms with Crippen molar-refractivity contribution in [3.63, 3.8) is 0 Å². The van der Waals surface area contributed by atoms with Gasteiger partial charge in [-0.25, -0.2) is 0 Å². The first-order valence-corrected chi connectivity index (χ1v) is 16.2. The molecule has 0 heterocycles. The molecule has 4 unspecified atom stereocenters. The van der Waals surface area contributed by atoms with Crippen molar-refractivity contribution in [2.45, 2.75) is 56.9 Å². The minimum atomic E-state index is -4.08. The lowest BCUT2D eigenvalue weighted by Crippen LogP contribution is -2.65. The van der Waals surface area contributed by atoms with E-state index in [9.17, 15) is 13.2 Å². The monoisotopic (exact) mass is 616 g/mol. The minimum absolute atomic E-state index is 0.0918. The van der Waals surface area contributed by atoms with Gasteiger partial charge in [0.25, 0.3) is 10.1 Å². The van der Waals surface area contributed by atoms with Crippen LogP contribution in [0.4, 0.5) is 0 Å². The Morgan fingerprint density at radius 2 is 0.795 bits per heavy atom. The summed E-state index contributed by atoms with van der Waals surface area (Å²) >= 11 is 0. The van der Waals surface area contributed by atoms with Crippen molar-refractivity contribution in [1.29, 1.82) is 0 Å². The van der Waals surface area contributed by atoms with Gasteiger partial charge in [0.15, 0.2) is 11.9 Å². The van der Waals surface area contributed by atoms with Gasteiger partial charge < -0.3 is 18.9 Å². The van der Waals surface area contributed by atoms with Crippen molar-refractivity contribution in [3.8, 4) is 0 Å². The quantitative estimate of drug-likeness (QED) is 0.177. The average molecular weight is 617 g/mol. The maximum atomic E-state index is 14.2. The number of hydrogen-bond acceptors (Lipinski definition) is 8. The third-order valence-electron chi connectivity index (χ3n) is 7.21. The molecule has 44 heavy (non-hydrogen) atoms. The molecule has 4 aromatic rings. The number of hydrogen-bond donors (Lipinski definition) is 0. The summed E-state index contributed by atoms with van der Waals surface area (Å²) in [4.78, 5) is 14.2. The van der Waals surface area contributed by atoms with Gasteiger partial charge in [0.2, 0.25) is 0 Å². The first-order chi connectivity index (χ1) is 21.4. The molecule has 0 spiro atoms. The zero-order valence-corrected chi connectivity index (χ0v) is 25.3. The predicted octanol–water partition coefficient (Wildman–Crippen LogP) is 5.26. The number of rotatable bonds is 14. The van der Waals surface area contributed by atoms with E-state index in [-0.39, 0.29) is 26.4 Å². The first kappa shape index (κ1) is 31.7. The molecule has 9 heteroatoms. The second-order valence-electron chi connectivity index (χ2n) is 10.6. The van der Waals surface area contributed by atoms with Gasteiger partial charge in [0.1, 0.15) is 24.4 Å². The lowest BCUT2D eigenvalue weighted by molar-refractivity contribution is -0.228. The number of ether oxygens (including phenoxy) is 4. The van der Waals surface area contributed by atoms with Crippen LogP contribution in [0.5, 0.6) is 0 Å². The molecule has 0 radical (unpaired) electrons. The lowest BCUT2D eigenvalue weighted by Gasteiger charge is -2.44. The molecule has 1 aliphatic carbocycles. The summed E-state index contributed by atoms with van der Waals surface area (Å²) in [6, 6.07) is 37.9. The van der Waals surface area contributed by atoms with E-state index in [1.807, 2.05) is 121 Å². The Morgan fingerprint density at radius 1 is 0.477 bits per heavy atom. The molecule has 5 rings (SSSR count). The summed E-state index contributed by atoms with van der Waals surface area (Å²) in [7, 11) is -4.08. The third kappa shape index (κ3) is 8.92. The maximum absolute atomic E-state index is 14.2. The highest BCUT2D eigenvalue weighted by Gasteiger charge is 2.55. The minimum Gasteiger partial charge on any atom is -0.368 e. The summed E-state index contributed by atoms with van der Waals surface area (Å²) in [6.07, 6.45) is -4.83. The Bertz CT molecular complexity index is 1550. The van der Waals surface area contributed by atoms with E-state index in [2.05, 4.69) is 0 Å². The molecular weight excluding hydrogens is 580 g/mol. The Kier molecular flexibility index (Phi) is 11.1. The molecule has 8 nitrogen and oxygen atoms in total. The van der Waals surface area contributed by atoms with Crippen molar-refractivity contribution >= 4 is 15.9 Å². The Balaban J connectivity index is 1.52. The van der Waals surface area contributed by atoms with Crippen LogP contribution in [0.1, 0.15) is 22.3 Å². The van der Waals surface area contributed by atoms with Crippen LogP contribution < -0.4 is 0 Å². The van der Waals surface area contributed by atoms with Gasteiger partial charge in [-0.3, -0.25) is 8.98 Å². The van der Waals surface area contributed by atoms with Crippen LogP contribution in [-0.2, 0) is 64.5 Å². The predicted molar refractivity (Wildman–Crippen MR) is 165 cm³/mol. The average Bonchev–Trinajstić information content (AvgIpc) is 3.04. The van der Waals surface area contributed by atoms with Crippen molar-refractivity contribution < 1.29 is 36.3 Å². The highest BCUT2D eigenvalue weighted by molar-refractivity contribution is 7.86. The number of Topliss-reactive ketones (excluding diaryl/α,β-unsaturated/α-hetero) is 1. The van der Waals surface area contributed by atoms with Gasteiger partial charge in [-0.2, -0.15) is 8.42 Å². The van der Waals surface area contributed by atoms with Crippen LogP contribution in [0.15, 0.2) is 121 Å². The number of ketones is 1. The fourth-order valence-electron chi connectivity index (χ4n) is 5.10. The van der Waals surface area contributed by atoms with Crippen LogP contribution in [0.2, 0.25) is 0 Å². The lowest BCUT2D eigenvalue weighted by atomic mass is 9.85. The van der Waals surface area contributed by atoms with Crippen LogP contribution >= 0.6 is 0 Å².